The highest BCUT2D eigenvalue weighted by atomic mass is 16.5. The Morgan fingerprint density at radius 1 is 1.03 bits per heavy atom. The number of rotatable bonds is 11. The van der Waals surface area contributed by atoms with Crippen LogP contribution in [0.15, 0.2) is 48.5 Å². The number of hydrogen-bond donors (Lipinski definition) is 2. The Kier molecular flexibility index (Phi) is 8.68. The molecule has 0 spiro atoms. The van der Waals surface area contributed by atoms with Crippen molar-refractivity contribution in [3.8, 4) is 11.1 Å². The maximum absolute atomic E-state index is 12.9. The largest absolute Gasteiger partial charge is 0.480 e. The first kappa shape index (κ1) is 25.3. The second-order valence-electron chi connectivity index (χ2n) is 8.83. The van der Waals surface area contributed by atoms with Crippen LogP contribution in [-0.2, 0) is 14.3 Å². The molecular formula is C27H34N2O5. The summed E-state index contributed by atoms with van der Waals surface area (Å²) < 4.78 is 5.62. The zero-order valence-corrected chi connectivity index (χ0v) is 20.1. The lowest BCUT2D eigenvalue weighted by atomic mass is 9.98. The van der Waals surface area contributed by atoms with Crippen LogP contribution >= 0.6 is 0 Å². The quantitative estimate of drug-likeness (QED) is 0.496. The van der Waals surface area contributed by atoms with Gasteiger partial charge in [-0.25, -0.2) is 4.79 Å². The van der Waals surface area contributed by atoms with Gasteiger partial charge in [-0.3, -0.25) is 9.59 Å². The SMILES string of the molecule is CCC[C@@H](CC(=O)N(CC(=O)O)C(C)CC)NC(=O)OCC1c2ccccc2-c2ccccc21. The monoisotopic (exact) mass is 466 g/mol. The molecule has 2 aromatic rings. The van der Waals surface area contributed by atoms with E-state index < -0.39 is 18.1 Å². The van der Waals surface area contributed by atoms with Crippen LogP contribution in [0.1, 0.15) is 63.5 Å². The van der Waals surface area contributed by atoms with E-state index in [9.17, 15) is 19.5 Å². The first-order chi connectivity index (χ1) is 16.3. The van der Waals surface area contributed by atoms with Crippen molar-refractivity contribution in [1.29, 1.82) is 0 Å². The summed E-state index contributed by atoms with van der Waals surface area (Å²) in [6.07, 6.45) is 1.48. The van der Waals surface area contributed by atoms with Crippen molar-refractivity contribution >= 4 is 18.0 Å². The Morgan fingerprint density at radius 3 is 2.15 bits per heavy atom. The van der Waals surface area contributed by atoms with Gasteiger partial charge in [0.15, 0.2) is 0 Å². The van der Waals surface area contributed by atoms with Crippen LogP contribution in [0.4, 0.5) is 4.79 Å². The Morgan fingerprint density at radius 2 is 1.62 bits per heavy atom. The molecule has 7 nitrogen and oxygen atoms in total. The number of amides is 2. The second-order valence-corrected chi connectivity index (χ2v) is 8.83. The number of fused-ring (bicyclic) bond motifs is 3. The van der Waals surface area contributed by atoms with Crippen LogP contribution in [0.25, 0.3) is 11.1 Å². The Labute approximate surface area is 201 Å². The molecule has 0 saturated heterocycles. The van der Waals surface area contributed by atoms with Crippen molar-refractivity contribution < 1.29 is 24.2 Å². The van der Waals surface area contributed by atoms with Gasteiger partial charge in [0.2, 0.25) is 5.91 Å². The topological polar surface area (TPSA) is 95.9 Å². The van der Waals surface area contributed by atoms with E-state index in [1.54, 1.807) is 0 Å². The summed E-state index contributed by atoms with van der Waals surface area (Å²) >= 11 is 0. The van der Waals surface area contributed by atoms with Crippen molar-refractivity contribution in [2.45, 2.75) is 64.5 Å². The van der Waals surface area contributed by atoms with E-state index in [2.05, 4.69) is 29.6 Å². The van der Waals surface area contributed by atoms with Gasteiger partial charge in [-0.15, -0.1) is 0 Å². The molecule has 2 amide bonds. The van der Waals surface area contributed by atoms with E-state index in [4.69, 9.17) is 4.74 Å². The standard InChI is InChI=1S/C27H34N2O5/c1-4-10-19(15-25(30)29(16-26(31)32)18(3)5-2)28-27(33)34-17-24-22-13-8-6-11-20(22)21-12-7-9-14-23(21)24/h6-9,11-14,18-19,24H,4-5,10,15-17H2,1-3H3,(H,28,33)(H,31,32)/t18?,19-/m0/s1. The van der Waals surface area contributed by atoms with Gasteiger partial charge >= 0.3 is 12.1 Å². The van der Waals surface area contributed by atoms with Gasteiger partial charge in [-0.1, -0.05) is 68.8 Å². The highest BCUT2D eigenvalue weighted by molar-refractivity contribution is 5.82. The number of alkyl carbamates (subject to hydrolysis) is 1. The number of hydrogen-bond acceptors (Lipinski definition) is 4. The Bertz CT molecular complexity index is 976. The third kappa shape index (κ3) is 5.95. The highest BCUT2D eigenvalue weighted by Crippen LogP contribution is 2.44. The number of carboxylic acids is 1. The van der Waals surface area contributed by atoms with Gasteiger partial charge in [0.05, 0.1) is 0 Å². The van der Waals surface area contributed by atoms with Crippen molar-refractivity contribution in [1.82, 2.24) is 10.2 Å². The van der Waals surface area contributed by atoms with E-state index in [1.807, 2.05) is 45.0 Å². The Balaban J connectivity index is 1.63. The molecule has 0 heterocycles. The molecule has 0 fully saturated rings. The van der Waals surface area contributed by atoms with Gasteiger partial charge in [-0.05, 0) is 42.0 Å². The van der Waals surface area contributed by atoms with Crippen LogP contribution in [-0.4, -0.2) is 53.2 Å². The van der Waals surface area contributed by atoms with Gasteiger partial charge < -0.3 is 20.1 Å². The average Bonchev–Trinajstić information content (AvgIpc) is 3.14. The number of carbonyl (C=O) groups is 3. The fourth-order valence-corrected chi connectivity index (χ4v) is 4.56. The van der Waals surface area contributed by atoms with Gasteiger partial charge in [-0.2, -0.15) is 0 Å². The second kappa shape index (κ2) is 11.7. The van der Waals surface area contributed by atoms with Crippen molar-refractivity contribution in [2.24, 2.45) is 0 Å². The number of nitrogens with one attached hydrogen (secondary N) is 1. The molecule has 0 saturated carbocycles. The van der Waals surface area contributed by atoms with E-state index in [1.165, 1.54) is 4.90 Å². The lowest BCUT2D eigenvalue weighted by Gasteiger charge is -2.29. The smallest absolute Gasteiger partial charge is 0.407 e. The normalized spacial score (nSPS) is 14.0. The van der Waals surface area contributed by atoms with Crippen LogP contribution < -0.4 is 5.32 Å². The van der Waals surface area contributed by atoms with Gasteiger partial charge in [0.25, 0.3) is 0 Å². The molecule has 0 aromatic heterocycles. The fourth-order valence-electron chi connectivity index (χ4n) is 4.56. The molecule has 1 aliphatic rings. The third-order valence-electron chi connectivity index (χ3n) is 6.47. The molecule has 0 aliphatic heterocycles. The summed E-state index contributed by atoms with van der Waals surface area (Å²) in [6.45, 7) is 5.56. The zero-order valence-electron chi connectivity index (χ0n) is 20.1. The first-order valence-electron chi connectivity index (χ1n) is 12.0. The van der Waals surface area contributed by atoms with Crippen LogP contribution in [0, 0.1) is 0 Å². The molecule has 2 atom stereocenters. The predicted octanol–water partition coefficient (Wildman–Crippen LogP) is 4.80. The number of ether oxygens (including phenoxy) is 1. The average molecular weight is 467 g/mol. The number of nitrogens with zero attached hydrogens (tertiary/aromatic N) is 1. The summed E-state index contributed by atoms with van der Waals surface area (Å²) in [7, 11) is 0. The molecule has 34 heavy (non-hydrogen) atoms. The lowest BCUT2D eigenvalue weighted by Crippen LogP contribution is -2.45. The minimum atomic E-state index is -1.05. The number of benzene rings is 2. The number of aliphatic carboxylic acids is 1. The third-order valence-corrected chi connectivity index (χ3v) is 6.47. The summed E-state index contributed by atoms with van der Waals surface area (Å²) in [5.41, 5.74) is 4.58. The zero-order chi connectivity index (χ0) is 24.7. The minimum Gasteiger partial charge on any atom is -0.480 e. The molecule has 1 aliphatic carbocycles. The molecule has 2 aromatic carbocycles. The maximum Gasteiger partial charge on any atom is 0.407 e. The van der Waals surface area contributed by atoms with Crippen LogP contribution in [0.3, 0.4) is 0 Å². The first-order valence-corrected chi connectivity index (χ1v) is 12.0. The molecular weight excluding hydrogens is 432 g/mol. The minimum absolute atomic E-state index is 0.0374. The van der Waals surface area contributed by atoms with Gasteiger partial charge in [0, 0.05) is 24.4 Å². The molecule has 7 heteroatoms. The number of carboxylic acid groups (broad SMARTS) is 1. The Hall–Kier alpha value is -3.35. The molecule has 2 N–H and O–H groups in total. The van der Waals surface area contributed by atoms with Crippen molar-refractivity contribution in [3.63, 3.8) is 0 Å². The van der Waals surface area contributed by atoms with Crippen LogP contribution in [0.5, 0.6) is 0 Å². The van der Waals surface area contributed by atoms with E-state index in [-0.39, 0.29) is 37.4 Å². The summed E-state index contributed by atoms with van der Waals surface area (Å²) in [4.78, 5) is 38.1. The van der Waals surface area contributed by atoms with Crippen LogP contribution in [0.2, 0.25) is 0 Å². The fraction of sp³-hybridized carbons (Fsp3) is 0.444. The van der Waals surface area contributed by atoms with Crippen molar-refractivity contribution in [2.75, 3.05) is 13.2 Å². The maximum atomic E-state index is 12.9. The molecule has 0 radical (unpaired) electrons. The summed E-state index contributed by atoms with van der Waals surface area (Å²) in [6, 6.07) is 15.7. The lowest BCUT2D eigenvalue weighted by molar-refractivity contribution is -0.146. The van der Waals surface area contributed by atoms with E-state index in [0.717, 1.165) is 28.7 Å². The summed E-state index contributed by atoms with van der Waals surface area (Å²) in [5.74, 6) is -1.37. The van der Waals surface area contributed by atoms with E-state index >= 15 is 0 Å². The summed E-state index contributed by atoms with van der Waals surface area (Å²) in [5, 5.41) is 12.0. The molecule has 1 unspecified atom stereocenters. The molecule has 3 rings (SSSR count). The predicted molar refractivity (Wildman–Crippen MR) is 131 cm³/mol. The van der Waals surface area contributed by atoms with Crippen molar-refractivity contribution in [3.05, 3.63) is 59.7 Å². The number of carbonyl (C=O) groups excluding carboxylic acids is 2. The molecule has 0 bridgehead atoms. The van der Waals surface area contributed by atoms with E-state index in [0.29, 0.717) is 12.8 Å². The van der Waals surface area contributed by atoms with Gasteiger partial charge in [0.1, 0.15) is 13.2 Å². The highest BCUT2D eigenvalue weighted by Gasteiger charge is 2.30. The molecule has 182 valence electrons.